The molecular weight excluding hydrogens is 413 g/mol. The van der Waals surface area contributed by atoms with E-state index in [1.165, 1.54) is 24.5 Å². The number of rotatable bonds is 5. The molecule has 29 heavy (non-hydrogen) atoms. The SMILES string of the molecule is COC=CC(=O)O.Cc1ccccc1C=C(F)c1nc(-c2ccc(Cl)cc2)cs1. The Bertz CT molecular complexity index is 1010. The molecule has 0 aliphatic carbocycles. The molecule has 0 saturated carbocycles. The maximum atomic E-state index is 14.4. The molecule has 150 valence electrons. The molecule has 3 rings (SSSR count). The van der Waals surface area contributed by atoms with Gasteiger partial charge in [-0.25, -0.2) is 14.2 Å². The highest BCUT2D eigenvalue weighted by molar-refractivity contribution is 7.11. The maximum absolute atomic E-state index is 14.4. The van der Waals surface area contributed by atoms with Gasteiger partial charge in [0.15, 0.2) is 10.8 Å². The second kappa shape index (κ2) is 11.1. The van der Waals surface area contributed by atoms with E-state index in [1.807, 2.05) is 48.7 Å². The van der Waals surface area contributed by atoms with Gasteiger partial charge in [0.1, 0.15) is 0 Å². The predicted molar refractivity (Wildman–Crippen MR) is 117 cm³/mol. The zero-order valence-corrected chi connectivity index (χ0v) is 17.4. The van der Waals surface area contributed by atoms with E-state index in [0.717, 1.165) is 34.7 Å². The first kappa shape index (κ1) is 22.3. The number of carbonyl (C=O) groups is 1. The molecule has 1 heterocycles. The standard InChI is InChI=1S/C18H13ClFNS.C4H6O3/c1-12-4-2-3-5-14(12)10-16(20)18-21-17(11-22-18)13-6-8-15(19)9-7-13;1-7-3-2-4(5)6/h2-11H,1H3;2-3H,1H3,(H,5,6). The van der Waals surface area contributed by atoms with Gasteiger partial charge in [-0.05, 0) is 36.3 Å². The molecule has 0 aliphatic heterocycles. The molecule has 0 atom stereocenters. The Labute approximate surface area is 177 Å². The molecule has 3 aromatic rings. The summed E-state index contributed by atoms with van der Waals surface area (Å²) in [6.45, 7) is 1.96. The van der Waals surface area contributed by atoms with Crippen molar-refractivity contribution in [1.82, 2.24) is 4.98 Å². The lowest BCUT2D eigenvalue weighted by Gasteiger charge is -1.99. The molecular formula is C22H19ClFNO3S. The van der Waals surface area contributed by atoms with Gasteiger partial charge in [-0.2, -0.15) is 0 Å². The second-order valence-corrected chi connectivity index (χ2v) is 7.06. The highest BCUT2D eigenvalue weighted by Crippen LogP contribution is 2.29. The third-order valence-electron chi connectivity index (χ3n) is 3.67. The van der Waals surface area contributed by atoms with E-state index >= 15 is 0 Å². The van der Waals surface area contributed by atoms with Gasteiger partial charge in [-0.15, -0.1) is 11.3 Å². The lowest BCUT2D eigenvalue weighted by atomic mass is 10.1. The quantitative estimate of drug-likeness (QED) is 0.371. The summed E-state index contributed by atoms with van der Waals surface area (Å²) in [6, 6.07) is 15.0. The van der Waals surface area contributed by atoms with Gasteiger partial charge in [0.05, 0.1) is 25.1 Å². The number of hydrogen-bond donors (Lipinski definition) is 1. The summed E-state index contributed by atoms with van der Waals surface area (Å²) in [5, 5.41) is 10.8. The van der Waals surface area contributed by atoms with Gasteiger partial charge in [-0.1, -0.05) is 48.0 Å². The fraction of sp³-hybridized carbons (Fsp3) is 0.0909. The summed E-state index contributed by atoms with van der Waals surface area (Å²) < 4.78 is 18.7. The van der Waals surface area contributed by atoms with E-state index in [0.29, 0.717) is 10.0 Å². The van der Waals surface area contributed by atoms with Crippen molar-refractivity contribution in [2.24, 2.45) is 0 Å². The van der Waals surface area contributed by atoms with Crippen molar-refractivity contribution in [2.75, 3.05) is 7.11 Å². The Morgan fingerprint density at radius 3 is 2.48 bits per heavy atom. The van der Waals surface area contributed by atoms with Crippen molar-refractivity contribution in [2.45, 2.75) is 6.92 Å². The van der Waals surface area contributed by atoms with E-state index < -0.39 is 5.97 Å². The van der Waals surface area contributed by atoms with Crippen LogP contribution in [-0.4, -0.2) is 23.2 Å². The Kier molecular flexibility index (Phi) is 8.58. The fourth-order valence-corrected chi connectivity index (χ4v) is 3.07. The van der Waals surface area contributed by atoms with Crippen LogP contribution in [0.4, 0.5) is 4.39 Å². The van der Waals surface area contributed by atoms with Gasteiger partial charge < -0.3 is 9.84 Å². The molecule has 0 radical (unpaired) electrons. The molecule has 1 aromatic heterocycles. The minimum absolute atomic E-state index is 0.320. The summed E-state index contributed by atoms with van der Waals surface area (Å²) in [5.41, 5.74) is 3.58. The first-order valence-electron chi connectivity index (χ1n) is 8.47. The van der Waals surface area contributed by atoms with Crippen LogP contribution in [0.3, 0.4) is 0 Å². The molecule has 4 nitrogen and oxygen atoms in total. The highest BCUT2D eigenvalue weighted by atomic mass is 35.5. The highest BCUT2D eigenvalue weighted by Gasteiger charge is 2.09. The second-order valence-electron chi connectivity index (χ2n) is 5.77. The zero-order chi connectivity index (χ0) is 21.2. The Morgan fingerprint density at radius 2 is 1.90 bits per heavy atom. The van der Waals surface area contributed by atoms with Gasteiger partial charge >= 0.3 is 5.97 Å². The van der Waals surface area contributed by atoms with E-state index in [4.69, 9.17) is 16.7 Å². The lowest BCUT2D eigenvalue weighted by molar-refractivity contribution is -0.131. The molecule has 7 heteroatoms. The first-order chi connectivity index (χ1) is 13.9. The van der Waals surface area contributed by atoms with Crippen molar-refractivity contribution in [1.29, 1.82) is 0 Å². The Hall–Kier alpha value is -2.96. The van der Waals surface area contributed by atoms with Crippen molar-refractivity contribution in [3.05, 3.63) is 87.4 Å². The number of methoxy groups -OCH3 is 1. The van der Waals surface area contributed by atoms with Crippen LogP contribution in [0, 0.1) is 6.92 Å². The number of benzene rings is 2. The van der Waals surface area contributed by atoms with E-state index in [9.17, 15) is 9.18 Å². The van der Waals surface area contributed by atoms with Crippen LogP contribution in [0.25, 0.3) is 23.2 Å². The fourth-order valence-electron chi connectivity index (χ4n) is 2.21. The van der Waals surface area contributed by atoms with Crippen LogP contribution in [0.2, 0.25) is 5.02 Å². The third-order valence-corrected chi connectivity index (χ3v) is 4.77. The molecule has 1 N–H and O–H groups in total. The number of ether oxygens (including phenoxy) is 1. The van der Waals surface area contributed by atoms with Crippen molar-refractivity contribution in [3.63, 3.8) is 0 Å². The smallest absolute Gasteiger partial charge is 0.331 e. The largest absolute Gasteiger partial charge is 0.504 e. The zero-order valence-electron chi connectivity index (χ0n) is 15.8. The molecule has 0 saturated heterocycles. The van der Waals surface area contributed by atoms with Crippen molar-refractivity contribution in [3.8, 4) is 11.3 Å². The van der Waals surface area contributed by atoms with Gasteiger partial charge in [-0.3, -0.25) is 0 Å². The van der Waals surface area contributed by atoms with Crippen LogP contribution >= 0.6 is 22.9 Å². The number of aromatic nitrogens is 1. The van der Waals surface area contributed by atoms with E-state index in [1.54, 1.807) is 12.1 Å². The van der Waals surface area contributed by atoms with Crippen molar-refractivity contribution < 1.29 is 19.0 Å². The predicted octanol–water partition coefficient (Wildman–Crippen LogP) is 6.47. The van der Waals surface area contributed by atoms with Gasteiger partial charge in [0, 0.05) is 16.0 Å². The van der Waals surface area contributed by atoms with E-state index in [2.05, 4.69) is 9.72 Å². The van der Waals surface area contributed by atoms with Gasteiger partial charge in [0.25, 0.3) is 0 Å². The summed E-state index contributed by atoms with van der Waals surface area (Å²) in [6.07, 6.45) is 3.54. The number of hydrogen-bond acceptors (Lipinski definition) is 4. The van der Waals surface area contributed by atoms with Crippen LogP contribution in [0.15, 0.2) is 66.2 Å². The molecule has 0 amide bonds. The monoisotopic (exact) mass is 431 g/mol. The Morgan fingerprint density at radius 1 is 1.21 bits per heavy atom. The normalized spacial score (nSPS) is 11.1. The van der Waals surface area contributed by atoms with Crippen LogP contribution in [-0.2, 0) is 9.53 Å². The third kappa shape index (κ3) is 7.18. The number of aryl methyl sites for hydroxylation is 1. The summed E-state index contributed by atoms with van der Waals surface area (Å²) in [7, 11) is 1.39. The summed E-state index contributed by atoms with van der Waals surface area (Å²) in [4.78, 5) is 14.0. The van der Waals surface area contributed by atoms with Crippen LogP contribution in [0.5, 0.6) is 0 Å². The molecule has 0 aliphatic rings. The molecule has 2 aromatic carbocycles. The number of nitrogens with zero attached hydrogens (tertiary/aromatic N) is 1. The minimum Gasteiger partial charge on any atom is -0.504 e. The number of carboxylic acids is 1. The van der Waals surface area contributed by atoms with E-state index in [-0.39, 0.29) is 5.83 Å². The molecule has 0 fully saturated rings. The average Bonchev–Trinajstić information content (AvgIpc) is 3.19. The Balaban J connectivity index is 0.000000370. The first-order valence-corrected chi connectivity index (χ1v) is 9.73. The minimum atomic E-state index is -0.998. The average molecular weight is 432 g/mol. The number of halogens is 2. The summed E-state index contributed by atoms with van der Waals surface area (Å²) >= 11 is 7.17. The van der Waals surface area contributed by atoms with Crippen molar-refractivity contribution >= 4 is 40.8 Å². The lowest BCUT2D eigenvalue weighted by Crippen LogP contribution is -1.85. The maximum Gasteiger partial charge on any atom is 0.331 e. The number of carboxylic acid groups (broad SMARTS) is 1. The number of thiazole rings is 1. The topological polar surface area (TPSA) is 59.4 Å². The molecule has 0 spiro atoms. The number of aliphatic carboxylic acids is 1. The summed E-state index contributed by atoms with van der Waals surface area (Å²) in [5.74, 6) is -1.32. The molecule has 0 bridgehead atoms. The molecule has 0 unspecified atom stereocenters. The van der Waals surface area contributed by atoms with Crippen LogP contribution < -0.4 is 0 Å². The van der Waals surface area contributed by atoms with Crippen LogP contribution in [0.1, 0.15) is 16.1 Å². The van der Waals surface area contributed by atoms with Gasteiger partial charge in [0.2, 0.25) is 0 Å².